The summed E-state index contributed by atoms with van der Waals surface area (Å²) in [6.07, 6.45) is 0.357. The van der Waals surface area contributed by atoms with Gasteiger partial charge in [0.1, 0.15) is 5.75 Å². The Kier molecular flexibility index (Phi) is 7.97. The second kappa shape index (κ2) is 10.7. The van der Waals surface area contributed by atoms with Gasteiger partial charge in [-0.2, -0.15) is 18.4 Å². The van der Waals surface area contributed by atoms with E-state index in [4.69, 9.17) is 10.00 Å². The van der Waals surface area contributed by atoms with E-state index in [1.807, 2.05) is 24.3 Å². The fourth-order valence-corrected chi connectivity index (χ4v) is 4.09. The molecule has 1 heterocycles. The highest BCUT2D eigenvalue weighted by atomic mass is 19.4. The van der Waals surface area contributed by atoms with Crippen LogP contribution in [0.25, 0.3) is 0 Å². The molecule has 3 rings (SSSR count). The van der Waals surface area contributed by atoms with Gasteiger partial charge in [0.2, 0.25) is 0 Å². The molecule has 0 spiro atoms. The summed E-state index contributed by atoms with van der Waals surface area (Å²) in [4.78, 5) is 2.49. The summed E-state index contributed by atoms with van der Waals surface area (Å²) >= 11 is 0. The molecule has 0 N–H and O–H groups in total. The smallest absolute Gasteiger partial charge is 0.416 e. The second-order valence-corrected chi connectivity index (χ2v) is 8.31. The van der Waals surface area contributed by atoms with Crippen LogP contribution in [0.3, 0.4) is 0 Å². The van der Waals surface area contributed by atoms with E-state index in [0.717, 1.165) is 43.8 Å². The summed E-state index contributed by atoms with van der Waals surface area (Å²) in [7, 11) is 0. The van der Waals surface area contributed by atoms with Crippen LogP contribution in [0.2, 0.25) is 0 Å². The normalized spacial score (nSPS) is 17.0. The van der Waals surface area contributed by atoms with Crippen LogP contribution in [0.5, 0.6) is 5.75 Å². The zero-order valence-electron chi connectivity index (χ0n) is 17.9. The first-order valence-corrected chi connectivity index (χ1v) is 10.9. The van der Waals surface area contributed by atoms with E-state index in [0.29, 0.717) is 17.9 Å². The number of likely N-dealkylation sites (tertiary alicyclic amines) is 1. The average Bonchev–Trinajstić information content (AvgIpc) is 2.79. The summed E-state index contributed by atoms with van der Waals surface area (Å²) in [6.45, 7) is 5.82. The van der Waals surface area contributed by atoms with Gasteiger partial charge < -0.3 is 9.64 Å². The minimum absolute atomic E-state index is 0.201. The summed E-state index contributed by atoms with van der Waals surface area (Å²) in [6, 6.07) is 14.6. The van der Waals surface area contributed by atoms with Gasteiger partial charge in [0.15, 0.2) is 0 Å². The molecule has 0 aromatic heterocycles. The van der Waals surface area contributed by atoms with Crippen molar-refractivity contribution in [1.82, 2.24) is 4.90 Å². The summed E-state index contributed by atoms with van der Waals surface area (Å²) in [5.41, 5.74) is 1.09. The van der Waals surface area contributed by atoms with Crippen molar-refractivity contribution in [2.45, 2.75) is 44.7 Å². The van der Waals surface area contributed by atoms with Crippen LogP contribution in [0.1, 0.15) is 55.2 Å². The molecule has 2 unspecified atom stereocenters. The van der Waals surface area contributed by atoms with E-state index in [1.54, 1.807) is 0 Å². The molecule has 2 aromatic carbocycles. The molecule has 3 nitrogen and oxygen atoms in total. The Hall–Kier alpha value is -2.52. The van der Waals surface area contributed by atoms with Crippen molar-refractivity contribution < 1.29 is 17.9 Å². The maximum absolute atomic E-state index is 12.8. The molecule has 1 fully saturated rings. The van der Waals surface area contributed by atoms with Crippen LogP contribution in [-0.4, -0.2) is 31.1 Å². The first-order valence-electron chi connectivity index (χ1n) is 10.9. The molecular formula is C25H29F3N2O. The molecule has 2 aromatic rings. The van der Waals surface area contributed by atoms with Gasteiger partial charge in [-0.15, -0.1) is 0 Å². The van der Waals surface area contributed by atoms with Gasteiger partial charge in [0.25, 0.3) is 0 Å². The number of hydrogen-bond acceptors (Lipinski definition) is 3. The predicted molar refractivity (Wildman–Crippen MR) is 115 cm³/mol. The van der Waals surface area contributed by atoms with Gasteiger partial charge in [0.05, 0.1) is 23.8 Å². The molecule has 0 radical (unpaired) electrons. The summed E-state index contributed by atoms with van der Waals surface area (Å²) in [5, 5.41) is 9.04. The molecule has 31 heavy (non-hydrogen) atoms. The third kappa shape index (κ3) is 6.73. The lowest BCUT2D eigenvalue weighted by Gasteiger charge is -2.30. The van der Waals surface area contributed by atoms with Gasteiger partial charge in [-0.25, -0.2) is 0 Å². The lowest BCUT2D eigenvalue weighted by atomic mass is 9.85. The van der Waals surface area contributed by atoms with Crippen molar-refractivity contribution in [1.29, 1.82) is 5.26 Å². The zero-order chi connectivity index (χ0) is 22.3. The monoisotopic (exact) mass is 430 g/mol. The lowest BCUT2D eigenvalue weighted by Crippen LogP contribution is -2.33. The van der Waals surface area contributed by atoms with Crippen LogP contribution >= 0.6 is 0 Å². The molecule has 0 saturated carbocycles. The van der Waals surface area contributed by atoms with E-state index in [9.17, 15) is 13.2 Å². The number of rotatable bonds is 8. The van der Waals surface area contributed by atoms with E-state index >= 15 is 0 Å². The highest BCUT2D eigenvalue weighted by Crippen LogP contribution is 2.32. The van der Waals surface area contributed by atoms with Gasteiger partial charge in [-0.05, 0) is 86.8 Å². The maximum Gasteiger partial charge on any atom is 0.416 e. The molecule has 1 aliphatic rings. The summed E-state index contributed by atoms with van der Waals surface area (Å²) < 4.78 is 44.3. The Morgan fingerprint density at radius 1 is 1.00 bits per heavy atom. The minimum Gasteiger partial charge on any atom is -0.493 e. The number of piperidine rings is 1. The van der Waals surface area contributed by atoms with Crippen molar-refractivity contribution in [2.24, 2.45) is 5.92 Å². The van der Waals surface area contributed by atoms with Crippen molar-refractivity contribution in [2.75, 3.05) is 26.2 Å². The van der Waals surface area contributed by atoms with E-state index in [2.05, 4.69) is 17.9 Å². The molecule has 0 bridgehead atoms. The maximum atomic E-state index is 12.8. The Labute approximate surface area is 182 Å². The molecule has 6 heteroatoms. The van der Waals surface area contributed by atoms with Crippen LogP contribution < -0.4 is 4.74 Å². The van der Waals surface area contributed by atoms with Crippen LogP contribution in [0.4, 0.5) is 13.2 Å². The molecule has 166 valence electrons. The van der Waals surface area contributed by atoms with E-state index < -0.39 is 11.7 Å². The minimum atomic E-state index is -4.35. The molecule has 0 amide bonds. The predicted octanol–water partition coefficient (Wildman–Crippen LogP) is 6.25. The number of nitriles is 1. The van der Waals surface area contributed by atoms with Crippen LogP contribution in [0.15, 0.2) is 48.5 Å². The fourth-order valence-electron chi connectivity index (χ4n) is 4.09. The molecule has 1 saturated heterocycles. The highest BCUT2D eigenvalue weighted by Gasteiger charge is 2.30. The standard InChI is InChI=1S/C25H29F3N2O/c1-19(21-7-5-20(17-29)6-8-21)22(13-16-30-14-3-2-4-15-30)18-31-24-11-9-23(10-12-24)25(26,27)28/h5-12,19,22H,2-4,13-16,18H2,1H3. The number of alkyl halides is 3. The number of nitrogens with zero attached hydrogens (tertiary/aromatic N) is 2. The van der Waals surface area contributed by atoms with Crippen LogP contribution in [-0.2, 0) is 6.18 Å². The average molecular weight is 431 g/mol. The lowest BCUT2D eigenvalue weighted by molar-refractivity contribution is -0.137. The first-order chi connectivity index (χ1) is 14.9. The number of hydrogen-bond donors (Lipinski definition) is 0. The molecular weight excluding hydrogens is 401 g/mol. The topological polar surface area (TPSA) is 36.3 Å². The van der Waals surface area contributed by atoms with Gasteiger partial charge in [-0.3, -0.25) is 0 Å². The Morgan fingerprint density at radius 2 is 1.65 bits per heavy atom. The summed E-state index contributed by atoms with van der Waals surface area (Å²) in [5.74, 6) is 0.854. The Morgan fingerprint density at radius 3 is 2.23 bits per heavy atom. The van der Waals surface area contributed by atoms with Gasteiger partial charge in [0, 0.05) is 5.92 Å². The van der Waals surface area contributed by atoms with Crippen molar-refractivity contribution in [3.05, 3.63) is 65.2 Å². The molecule has 2 atom stereocenters. The quantitative estimate of drug-likeness (QED) is 0.496. The van der Waals surface area contributed by atoms with Gasteiger partial charge in [-0.1, -0.05) is 25.5 Å². The number of benzene rings is 2. The van der Waals surface area contributed by atoms with Crippen molar-refractivity contribution in [3.63, 3.8) is 0 Å². The van der Waals surface area contributed by atoms with Crippen LogP contribution in [0, 0.1) is 17.2 Å². The first kappa shape index (κ1) is 23.1. The SMILES string of the molecule is CC(c1ccc(C#N)cc1)C(CCN1CCCCC1)COc1ccc(C(F)(F)F)cc1. The Bertz CT molecular complexity index is 850. The highest BCUT2D eigenvalue weighted by molar-refractivity contribution is 5.33. The third-order valence-corrected chi connectivity index (χ3v) is 6.18. The number of halogens is 3. The third-order valence-electron chi connectivity index (χ3n) is 6.18. The largest absolute Gasteiger partial charge is 0.493 e. The molecule has 1 aliphatic heterocycles. The second-order valence-electron chi connectivity index (χ2n) is 8.31. The Balaban J connectivity index is 1.67. The van der Waals surface area contributed by atoms with Gasteiger partial charge >= 0.3 is 6.18 Å². The van der Waals surface area contributed by atoms with E-state index in [1.165, 1.54) is 31.4 Å². The van der Waals surface area contributed by atoms with E-state index in [-0.39, 0.29) is 11.8 Å². The van der Waals surface area contributed by atoms with Crippen molar-refractivity contribution in [3.8, 4) is 11.8 Å². The molecule has 0 aliphatic carbocycles. The number of ether oxygens (including phenoxy) is 1. The van der Waals surface area contributed by atoms with Crippen molar-refractivity contribution >= 4 is 0 Å². The fraction of sp³-hybridized carbons (Fsp3) is 0.480. The zero-order valence-corrected chi connectivity index (χ0v) is 17.9.